The zero-order chi connectivity index (χ0) is 18.5. The first-order chi connectivity index (χ1) is 12.1. The smallest absolute Gasteiger partial charge is 0.225 e. The molecule has 1 aromatic rings. The lowest BCUT2D eigenvalue weighted by molar-refractivity contribution is -0.134. The van der Waals surface area contributed by atoms with Gasteiger partial charge in [0.2, 0.25) is 5.91 Å². The minimum absolute atomic E-state index is 0.0398. The van der Waals surface area contributed by atoms with Gasteiger partial charge in [0, 0.05) is 18.1 Å². The van der Waals surface area contributed by atoms with Gasteiger partial charge in [0.1, 0.15) is 6.29 Å². The Balaban J connectivity index is 2.28. The van der Waals surface area contributed by atoms with Crippen molar-refractivity contribution in [2.75, 3.05) is 45.9 Å². The van der Waals surface area contributed by atoms with Crippen LogP contribution in [0.15, 0.2) is 24.3 Å². The van der Waals surface area contributed by atoms with Gasteiger partial charge in [-0.1, -0.05) is 37.6 Å². The largest absolute Gasteiger partial charge is 0.381 e. The zero-order valence-electron chi connectivity index (χ0n) is 15.2. The Kier molecular flexibility index (Phi) is 11.1. The fraction of sp³-hybridized carbons (Fsp3) is 0.579. The standard InChI is InChI=1S/C19H29ClN2O3/c1-3-21(4-2)10-11-22(12-13-23)19(24)9-15-25-14-8-17-6-5-7-18(20)16-17/h5-7,13,16H,3-4,8-12,14-15H2,1-2H3. The predicted octanol–water partition coefficient (Wildman–Crippen LogP) is 2.66. The molecule has 0 aliphatic rings. The van der Waals surface area contributed by atoms with Crippen LogP contribution in [0.5, 0.6) is 0 Å². The highest BCUT2D eigenvalue weighted by Gasteiger charge is 2.13. The Morgan fingerprint density at radius 1 is 1.20 bits per heavy atom. The Morgan fingerprint density at radius 2 is 1.96 bits per heavy atom. The van der Waals surface area contributed by atoms with Gasteiger partial charge in [-0.3, -0.25) is 4.79 Å². The van der Waals surface area contributed by atoms with Crippen molar-refractivity contribution in [2.24, 2.45) is 0 Å². The molecule has 1 amide bonds. The van der Waals surface area contributed by atoms with E-state index in [1.807, 2.05) is 24.3 Å². The van der Waals surface area contributed by atoms with Gasteiger partial charge in [-0.05, 0) is 37.2 Å². The summed E-state index contributed by atoms with van der Waals surface area (Å²) in [4.78, 5) is 26.9. The third-order valence-electron chi connectivity index (χ3n) is 4.11. The number of halogens is 1. The molecule has 0 aliphatic carbocycles. The van der Waals surface area contributed by atoms with Gasteiger partial charge in [0.25, 0.3) is 0 Å². The molecule has 0 aromatic heterocycles. The maximum atomic E-state index is 12.3. The molecule has 0 heterocycles. The molecule has 25 heavy (non-hydrogen) atoms. The summed E-state index contributed by atoms with van der Waals surface area (Å²) in [5.41, 5.74) is 1.11. The predicted molar refractivity (Wildman–Crippen MR) is 101 cm³/mol. The number of carbonyl (C=O) groups excluding carboxylic acids is 2. The van der Waals surface area contributed by atoms with Crippen molar-refractivity contribution in [3.05, 3.63) is 34.9 Å². The normalized spacial score (nSPS) is 10.9. The summed E-state index contributed by atoms with van der Waals surface area (Å²) < 4.78 is 5.56. The van der Waals surface area contributed by atoms with E-state index in [-0.39, 0.29) is 12.5 Å². The summed E-state index contributed by atoms with van der Waals surface area (Å²) in [7, 11) is 0. The van der Waals surface area contributed by atoms with Gasteiger partial charge >= 0.3 is 0 Å². The van der Waals surface area contributed by atoms with Crippen molar-refractivity contribution >= 4 is 23.8 Å². The van der Waals surface area contributed by atoms with Gasteiger partial charge in [0.05, 0.1) is 26.2 Å². The molecule has 140 valence electrons. The molecule has 0 atom stereocenters. The number of hydrogen-bond acceptors (Lipinski definition) is 4. The lowest BCUT2D eigenvalue weighted by Crippen LogP contribution is -2.40. The van der Waals surface area contributed by atoms with E-state index in [2.05, 4.69) is 18.7 Å². The van der Waals surface area contributed by atoms with Crippen LogP contribution in [0.3, 0.4) is 0 Å². The quantitative estimate of drug-likeness (QED) is 0.397. The van der Waals surface area contributed by atoms with Gasteiger partial charge in [-0.2, -0.15) is 0 Å². The fourth-order valence-corrected chi connectivity index (χ4v) is 2.72. The summed E-state index contributed by atoms with van der Waals surface area (Å²) >= 11 is 5.94. The molecular formula is C19H29ClN2O3. The molecule has 5 nitrogen and oxygen atoms in total. The maximum absolute atomic E-state index is 12.3. The maximum Gasteiger partial charge on any atom is 0.225 e. The molecule has 0 N–H and O–H groups in total. The van der Waals surface area contributed by atoms with Gasteiger partial charge in [-0.15, -0.1) is 0 Å². The number of nitrogens with zero attached hydrogens (tertiary/aromatic N) is 2. The van der Waals surface area contributed by atoms with Crippen LogP contribution in [-0.4, -0.2) is 67.9 Å². The van der Waals surface area contributed by atoms with E-state index < -0.39 is 0 Å². The first kappa shape index (κ1) is 21.6. The number of benzene rings is 1. The summed E-state index contributed by atoms with van der Waals surface area (Å²) in [5, 5.41) is 0.713. The number of carbonyl (C=O) groups is 2. The molecule has 0 aliphatic heterocycles. The number of hydrogen-bond donors (Lipinski definition) is 0. The Hall–Kier alpha value is -1.43. The van der Waals surface area contributed by atoms with E-state index in [0.29, 0.717) is 31.2 Å². The minimum atomic E-state index is -0.0398. The number of rotatable bonds is 13. The zero-order valence-corrected chi connectivity index (χ0v) is 16.0. The fourth-order valence-electron chi connectivity index (χ4n) is 2.51. The van der Waals surface area contributed by atoms with E-state index >= 15 is 0 Å². The first-order valence-corrected chi connectivity index (χ1v) is 9.24. The van der Waals surface area contributed by atoms with Crippen LogP contribution in [-0.2, 0) is 20.7 Å². The molecule has 0 fully saturated rings. The number of aldehydes is 1. The lowest BCUT2D eigenvalue weighted by atomic mass is 10.2. The van der Waals surface area contributed by atoms with Crippen LogP contribution in [0.2, 0.25) is 5.02 Å². The first-order valence-electron chi connectivity index (χ1n) is 8.86. The van der Waals surface area contributed by atoms with Crippen molar-refractivity contribution in [1.29, 1.82) is 0 Å². The van der Waals surface area contributed by atoms with Gasteiger partial charge in [0.15, 0.2) is 0 Å². The van der Waals surface area contributed by atoms with Crippen LogP contribution >= 0.6 is 11.6 Å². The van der Waals surface area contributed by atoms with E-state index in [0.717, 1.165) is 37.9 Å². The van der Waals surface area contributed by atoms with Crippen LogP contribution in [0.1, 0.15) is 25.8 Å². The van der Waals surface area contributed by atoms with Crippen molar-refractivity contribution in [1.82, 2.24) is 9.80 Å². The van der Waals surface area contributed by atoms with Gasteiger partial charge < -0.3 is 19.3 Å². The number of likely N-dealkylation sites (N-methyl/N-ethyl adjacent to an activating group) is 1. The van der Waals surface area contributed by atoms with E-state index in [9.17, 15) is 9.59 Å². The van der Waals surface area contributed by atoms with Crippen LogP contribution in [0, 0.1) is 0 Å². The highest BCUT2D eigenvalue weighted by molar-refractivity contribution is 6.30. The van der Waals surface area contributed by atoms with Crippen LogP contribution in [0.25, 0.3) is 0 Å². The van der Waals surface area contributed by atoms with Crippen LogP contribution in [0.4, 0.5) is 0 Å². The molecule has 0 saturated carbocycles. The Bertz CT molecular complexity index is 521. The third kappa shape index (κ3) is 9.00. The number of ether oxygens (including phenoxy) is 1. The number of amides is 1. The van der Waals surface area contributed by atoms with Crippen molar-refractivity contribution in [3.8, 4) is 0 Å². The van der Waals surface area contributed by atoms with E-state index in [4.69, 9.17) is 16.3 Å². The monoisotopic (exact) mass is 368 g/mol. The van der Waals surface area contributed by atoms with E-state index in [1.54, 1.807) is 4.90 Å². The molecule has 0 bridgehead atoms. The second-order valence-corrected chi connectivity index (χ2v) is 6.21. The molecule has 0 saturated heterocycles. The Morgan fingerprint density at radius 3 is 2.60 bits per heavy atom. The molecule has 0 unspecified atom stereocenters. The summed E-state index contributed by atoms with van der Waals surface area (Å²) in [6, 6.07) is 7.66. The molecule has 0 radical (unpaired) electrons. The molecule has 1 aromatic carbocycles. The average Bonchev–Trinajstić information content (AvgIpc) is 2.61. The summed E-state index contributed by atoms with van der Waals surface area (Å²) in [6.45, 7) is 8.44. The van der Waals surface area contributed by atoms with Crippen molar-refractivity contribution in [3.63, 3.8) is 0 Å². The average molecular weight is 369 g/mol. The van der Waals surface area contributed by atoms with Gasteiger partial charge in [-0.25, -0.2) is 0 Å². The molecule has 6 heteroatoms. The summed E-state index contributed by atoms with van der Waals surface area (Å²) in [5.74, 6) is -0.0398. The third-order valence-corrected chi connectivity index (χ3v) is 4.35. The molecule has 1 rings (SSSR count). The summed E-state index contributed by atoms with van der Waals surface area (Å²) in [6.07, 6.45) is 1.83. The molecule has 0 spiro atoms. The lowest BCUT2D eigenvalue weighted by Gasteiger charge is -2.25. The Labute approximate surface area is 155 Å². The van der Waals surface area contributed by atoms with Crippen molar-refractivity contribution in [2.45, 2.75) is 26.7 Å². The SMILES string of the molecule is CCN(CC)CCN(CC=O)C(=O)CCOCCc1cccc(Cl)c1. The minimum Gasteiger partial charge on any atom is -0.381 e. The van der Waals surface area contributed by atoms with Crippen LogP contribution < -0.4 is 0 Å². The topological polar surface area (TPSA) is 49.9 Å². The molecular weight excluding hydrogens is 340 g/mol. The highest BCUT2D eigenvalue weighted by atomic mass is 35.5. The highest BCUT2D eigenvalue weighted by Crippen LogP contribution is 2.11. The van der Waals surface area contributed by atoms with Crippen molar-refractivity contribution < 1.29 is 14.3 Å². The second-order valence-electron chi connectivity index (χ2n) is 5.78. The second kappa shape index (κ2) is 12.9. The van der Waals surface area contributed by atoms with E-state index in [1.165, 1.54) is 0 Å².